The first-order valence-corrected chi connectivity index (χ1v) is 8.59. The van der Waals surface area contributed by atoms with E-state index in [0.717, 1.165) is 25.7 Å². The normalized spacial score (nSPS) is 24.8. The third-order valence-electron chi connectivity index (χ3n) is 5.56. The zero-order valence-electron chi connectivity index (χ0n) is 12.8. The Kier molecular flexibility index (Phi) is 4.23. The van der Waals surface area contributed by atoms with Gasteiger partial charge >= 0.3 is 5.97 Å². The summed E-state index contributed by atoms with van der Waals surface area (Å²) >= 11 is 0. The molecule has 0 atom stereocenters. The summed E-state index contributed by atoms with van der Waals surface area (Å²) in [6, 6.07) is 0.378. The van der Waals surface area contributed by atoms with Crippen LogP contribution in [-0.4, -0.2) is 23.0 Å². The third kappa shape index (κ3) is 3.98. The van der Waals surface area contributed by atoms with Gasteiger partial charge in [0, 0.05) is 12.5 Å². The van der Waals surface area contributed by atoms with Crippen LogP contribution >= 0.6 is 0 Å². The van der Waals surface area contributed by atoms with Crippen LogP contribution in [0.15, 0.2) is 0 Å². The summed E-state index contributed by atoms with van der Waals surface area (Å²) in [6.07, 6.45) is 10.7. The van der Waals surface area contributed by atoms with Crippen LogP contribution in [0.2, 0.25) is 0 Å². The van der Waals surface area contributed by atoms with Crippen molar-refractivity contribution in [3.8, 4) is 0 Å². The second-order valence-corrected chi connectivity index (χ2v) is 7.58. The largest absolute Gasteiger partial charge is 0.481 e. The minimum absolute atomic E-state index is 0.0990. The summed E-state index contributed by atoms with van der Waals surface area (Å²) in [4.78, 5) is 23.6. The van der Waals surface area contributed by atoms with Gasteiger partial charge in [-0.1, -0.05) is 19.3 Å². The van der Waals surface area contributed by atoms with E-state index in [-0.39, 0.29) is 17.7 Å². The van der Waals surface area contributed by atoms with Crippen molar-refractivity contribution in [3.63, 3.8) is 0 Å². The molecule has 0 spiro atoms. The smallest absolute Gasteiger partial charge is 0.303 e. The van der Waals surface area contributed by atoms with E-state index in [1.807, 2.05) is 0 Å². The summed E-state index contributed by atoms with van der Waals surface area (Å²) in [6.45, 7) is 0. The number of nitrogens with one attached hydrogen (secondary N) is 1. The first-order chi connectivity index (χ1) is 10.1. The quantitative estimate of drug-likeness (QED) is 0.758. The molecule has 0 saturated heterocycles. The number of carbonyl (C=O) groups is 2. The van der Waals surface area contributed by atoms with Crippen molar-refractivity contribution in [1.29, 1.82) is 0 Å². The fraction of sp³-hybridized carbons (Fsp3) is 0.882. The zero-order chi connectivity index (χ0) is 14.9. The highest BCUT2D eigenvalue weighted by atomic mass is 16.4. The lowest BCUT2D eigenvalue weighted by atomic mass is 9.69. The number of amides is 1. The van der Waals surface area contributed by atoms with Crippen molar-refractivity contribution >= 4 is 11.9 Å². The Morgan fingerprint density at radius 3 is 2.05 bits per heavy atom. The Bertz CT molecular complexity index is 394. The third-order valence-corrected chi connectivity index (χ3v) is 5.56. The van der Waals surface area contributed by atoms with Crippen LogP contribution in [-0.2, 0) is 9.59 Å². The fourth-order valence-electron chi connectivity index (χ4n) is 4.15. The van der Waals surface area contributed by atoms with Crippen LogP contribution in [0.4, 0.5) is 0 Å². The van der Waals surface area contributed by atoms with Gasteiger partial charge in [-0.25, -0.2) is 0 Å². The van der Waals surface area contributed by atoms with E-state index >= 15 is 0 Å². The number of carboxylic acids is 1. The predicted octanol–water partition coefficient (Wildman–Crippen LogP) is 3.11. The molecule has 3 fully saturated rings. The van der Waals surface area contributed by atoms with Gasteiger partial charge < -0.3 is 10.4 Å². The van der Waals surface area contributed by atoms with E-state index in [2.05, 4.69) is 5.32 Å². The van der Waals surface area contributed by atoms with Gasteiger partial charge in [0.05, 0.1) is 6.42 Å². The number of rotatable bonds is 7. The maximum Gasteiger partial charge on any atom is 0.303 e. The number of aliphatic carboxylic acids is 1. The molecule has 4 nitrogen and oxygen atoms in total. The maximum atomic E-state index is 12.5. The summed E-state index contributed by atoms with van der Waals surface area (Å²) in [7, 11) is 0. The molecule has 21 heavy (non-hydrogen) atoms. The van der Waals surface area contributed by atoms with Gasteiger partial charge in [-0.15, -0.1) is 0 Å². The lowest BCUT2D eigenvalue weighted by Crippen LogP contribution is -2.41. The SMILES string of the molecule is O=C(O)CC1(CC(=O)NC(C2CC2)C2CC2)CCCCC1. The molecule has 3 rings (SSSR count). The molecule has 2 N–H and O–H groups in total. The van der Waals surface area contributed by atoms with Crippen molar-refractivity contribution < 1.29 is 14.7 Å². The van der Waals surface area contributed by atoms with Crippen LogP contribution in [0, 0.1) is 17.3 Å². The molecule has 3 aliphatic rings. The molecule has 0 aromatic rings. The topological polar surface area (TPSA) is 66.4 Å². The van der Waals surface area contributed by atoms with E-state index < -0.39 is 5.97 Å². The standard InChI is InChI=1S/C17H27NO3/c19-14(18-16(12-4-5-12)13-6-7-13)10-17(11-15(20)21)8-2-1-3-9-17/h12-13,16H,1-11H2,(H,18,19)(H,20,21). The summed E-state index contributed by atoms with van der Waals surface area (Å²) in [5.74, 6) is 0.735. The van der Waals surface area contributed by atoms with Crippen molar-refractivity contribution in [1.82, 2.24) is 5.32 Å². The van der Waals surface area contributed by atoms with E-state index in [1.54, 1.807) is 0 Å². The number of carboxylic acid groups (broad SMARTS) is 1. The average Bonchev–Trinajstić information content (AvgIpc) is 3.27. The van der Waals surface area contributed by atoms with Crippen molar-refractivity contribution in [2.75, 3.05) is 0 Å². The highest BCUT2D eigenvalue weighted by Gasteiger charge is 2.43. The molecule has 0 radical (unpaired) electrons. The van der Waals surface area contributed by atoms with Gasteiger partial charge in [0.25, 0.3) is 0 Å². The van der Waals surface area contributed by atoms with Gasteiger partial charge in [0.1, 0.15) is 0 Å². The summed E-state index contributed by atoms with van der Waals surface area (Å²) in [5, 5.41) is 12.4. The molecule has 4 heteroatoms. The molecule has 0 bridgehead atoms. The van der Waals surface area contributed by atoms with Crippen LogP contribution < -0.4 is 5.32 Å². The Morgan fingerprint density at radius 1 is 1.00 bits per heavy atom. The zero-order valence-corrected chi connectivity index (χ0v) is 12.8. The molecule has 118 valence electrons. The number of carbonyl (C=O) groups excluding carboxylic acids is 1. The van der Waals surface area contributed by atoms with E-state index in [1.165, 1.54) is 32.1 Å². The molecule has 3 saturated carbocycles. The first-order valence-electron chi connectivity index (χ1n) is 8.59. The molecule has 3 aliphatic carbocycles. The predicted molar refractivity (Wildman–Crippen MR) is 79.8 cm³/mol. The van der Waals surface area contributed by atoms with Gasteiger partial charge in [-0.3, -0.25) is 9.59 Å². The van der Waals surface area contributed by atoms with E-state index in [0.29, 0.717) is 24.3 Å². The molecule has 0 heterocycles. The average molecular weight is 293 g/mol. The van der Waals surface area contributed by atoms with Gasteiger partial charge in [0.2, 0.25) is 5.91 Å². The number of hydrogen-bond acceptors (Lipinski definition) is 2. The van der Waals surface area contributed by atoms with Crippen LogP contribution in [0.5, 0.6) is 0 Å². The van der Waals surface area contributed by atoms with E-state index in [4.69, 9.17) is 0 Å². The summed E-state index contributed by atoms with van der Waals surface area (Å²) < 4.78 is 0. The van der Waals surface area contributed by atoms with Gasteiger partial charge in [-0.05, 0) is 55.8 Å². The monoisotopic (exact) mass is 293 g/mol. The molecule has 0 aromatic carbocycles. The van der Waals surface area contributed by atoms with Crippen molar-refractivity contribution in [2.45, 2.75) is 76.7 Å². The molecule has 0 aromatic heterocycles. The number of hydrogen-bond donors (Lipinski definition) is 2. The molecular weight excluding hydrogens is 266 g/mol. The highest BCUT2D eigenvalue weighted by Crippen LogP contribution is 2.46. The first kappa shape index (κ1) is 14.9. The molecule has 0 unspecified atom stereocenters. The minimum Gasteiger partial charge on any atom is -0.481 e. The van der Waals surface area contributed by atoms with Crippen molar-refractivity contribution in [3.05, 3.63) is 0 Å². The minimum atomic E-state index is -0.759. The van der Waals surface area contributed by atoms with Gasteiger partial charge in [-0.2, -0.15) is 0 Å². The lowest BCUT2D eigenvalue weighted by molar-refractivity contribution is -0.141. The Balaban J connectivity index is 1.58. The van der Waals surface area contributed by atoms with Crippen LogP contribution in [0.25, 0.3) is 0 Å². The van der Waals surface area contributed by atoms with Crippen LogP contribution in [0.3, 0.4) is 0 Å². The van der Waals surface area contributed by atoms with Crippen molar-refractivity contribution in [2.24, 2.45) is 17.3 Å². The second-order valence-electron chi connectivity index (χ2n) is 7.58. The van der Waals surface area contributed by atoms with Crippen LogP contribution in [0.1, 0.15) is 70.6 Å². The molecule has 0 aliphatic heterocycles. The lowest BCUT2D eigenvalue weighted by Gasteiger charge is -2.36. The molecular formula is C17H27NO3. The fourth-order valence-corrected chi connectivity index (χ4v) is 4.15. The Hall–Kier alpha value is -1.06. The summed E-state index contributed by atoms with van der Waals surface area (Å²) in [5.41, 5.74) is -0.286. The highest BCUT2D eigenvalue weighted by molar-refractivity contribution is 5.78. The maximum absolute atomic E-state index is 12.5. The second kappa shape index (κ2) is 5.98. The molecule has 1 amide bonds. The van der Waals surface area contributed by atoms with E-state index in [9.17, 15) is 14.7 Å². The van der Waals surface area contributed by atoms with Gasteiger partial charge in [0.15, 0.2) is 0 Å². The Labute approximate surface area is 126 Å². The Morgan fingerprint density at radius 2 is 1.57 bits per heavy atom.